The fraction of sp³-hybridized carbons (Fsp3) is 0.538. The average Bonchev–Trinajstić information content (AvgIpc) is 2.40. The van der Waals surface area contributed by atoms with Crippen LogP contribution >= 0.6 is 0 Å². The molecule has 0 bridgehead atoms. The number of piperidine rings is 1. The van der Waals surface area contributed by atoms with Crippen molar-refractivity contribution in [2.45, 2.75) is 31.4 Å². The third-order valence-electron chi connectivity index (χ3n) is 3.38. The van der Waals surface area contributed by atoms with E-state index in [4.69, 9.17) is 0 Å². The van der Waals surface area contributed by atoms with Crippen LogP contribution in [0.2, 0.25) is 0 Å². The second-order valence-corrected chi connectivity index (χ2v) is 6.57. The first kappa shape index (κ1) is 13.4. The van der Waals surface area contributed by atoms with Gasteiger partial charge in [-0.2, -0.15) is 0 Å². The minimum atomic E-state index is -3.26. The van der Waals surface area contributed by atoms with Gasteiger partial charge in [0.1, 0.15) is 0 Å². The van der Waals surface area contributed by atoms with Crippen molar-refractivity contribution < 1.29 is 8.42 Å². The van der Waals surface area contributed by atoms with E-state index in [1.165, 1.54) is 0 Å². The molecule has 1 heterocycles. The van der Waals surface area contributed by atoms with Crippen molar-refractivity contribution in [1.82, 2.24) is 5.32 Å². The normalized spacial score (nSPS) is 17.6. The molecule has 0 radical (unpaired) electrons. The highest BCUT2D eigenvalue weighted by molar-refractivity contribution is 7.93. The molecule has 1 aromatic rings. The van der Waals surface area contributed by atoms with E-state index in [0.29, 0.717) is 12.8 Å². The zero-order valence-electron chi connectivity index (χ0n) is 10.6. The molecule has 2 N–H and O–H groups in total. The van der Waals surface area contributed by atoms with Crippen LogP contribution in [-0.4, -0.2) is 26.8 Å². The molecule has 0 unspecified atom stereocenters. The summed E-state index contributed by atoms with van der Waals surface area (Å²) in [5.74, 6) is 0. The lowest BCUT2D eigenvalue weighted by molar-refractivity contribution is 0.499. The van der Waals surface area contributed by atoms with Crippen molar-refractivity contribution in [1.29, 1.82) is 0 Å². The van der Waals surface area contributed by atoms with Gasteiger partial charge in [0.25, 0.3) is 0 Å². The Labute approximate surface area is 109 Å². The Morgan fingerprint density at radius 2 is 1.94 bits per heavy atom. The van der Waals surface area contributed by atoms with Gasteiger partial charge in [-0.15, -0.1) is 0 Å². The Bertz CT molecular complexity index is 493. The Hall–Kier alpha value is -1.07. The third kappa shape index (κ3) is 3.03. The van der Waals surface area contributed by atoms with Gasteiger partial charge in [-0.05, 0) is 44.0 Å². The monoisotopic (exact) mass is 268 g/mol. The van der Waals surface area contributed by atoms with E-state index in [1.54, 1.807) is 0 Å². The van der Waals surface area contributed by atoms with Gasteiger partial charge >= 0.3 is 0 Å². The van der Waals surface area contributed by atoms with Crippen LogP contribution in [-0.2, 0) is 16.4 Å². The zero-order valence-corrected chi connectivity index (χ0v) is 11.5. The third-order valence-corrected chi connectivity index (χ3v) is 5.23. The van der Waals surface area contributed by atoms with E-state index < -0.39 is 10.0 Å². The van der Waals surface area contributed by atoms with Crippen LogP contribution in [0.3, 0.4) is 0 Å². The standard InChI is InChI=1S/C13H20N2O2S/c1-2-11-5-3-4-6-13(11)15-18(16,17)12-7-9-14-10-8-12/h3-6,12,14-15H,2,7-10H2,1H3. The number of para-hydroxylation sites is 1. The van der Waals surface area contributed by atoms with Crippen molar-refractivity contribution in [2.24, 2.45) is 0 Å². The first-order valence-corrected chi connectivity index (χ1v) is 7.98. The van der Waals surface area contributed by atoms with Gasteiger partial charge < -0.3 is 5.32 Å². The summed E-state index contributed by atoms with van der Waals surface area (Å²) in [6, 6.07) is 7.58. The molecule has 1 fully saturated rings. The first-order valence-electron chi connectivity index (χ1n) is 6.43. The van der Waals surface area contributed by atoms with Crippen LogP contribution in [0, 0.1) is 0 Å². The molecule has 0 amide bonds. The van der Waals surface area contributed by atoms with E-state index in [9.17, 15) is 8.42 Å². The second-order valence-electron chi connectivity index (χ2n) is 4.61. The molecule has 18 heavy (non-hydrogen) atoms. The maximum atomic E-state index is 12.3. The van der Waals surface area contributed by atoms with Gasteiger partial charge in [0, 0.05) is 0 Å². The first-order chi connectivity index (χ1) is 8.63. The Morgan fingerprint density at radius 3 is 2.61 bits per heavy atom. The summed E-state index contributed by atoms with van der Waals surface area (Å²) in [5.41, 5.74) is 1.76. The molecule has 1 aliphatic heterocycles. The number of aryl methyl sites for hydroxylation is 1. The highest BCUT2D eigenvalue weighted by atomic mass is 32.2. The number of rotatable bonds is 4. The number of anilines is 1. The van der Waals surface area contributed by atoms with Gasteiger partial charge in [0.15, 0.2) is 0 Å². The molecular formula is C13H20N2O2S. The summed E-state index contributed by atoms with van der Waals surface area (Å²) >= 11 is 0. The molecule has 0 saturated carbocycles. The van der Waals surface area contributed by atoms with Crippen molar-refractivity contribution in [3.8, 4) is 0 Å². The minimum absolute atomic E-state index is 0.274. The SMILES string of the molecule is CCc1ccccc1NS(=O)(=O)C1CCNCC1. The Morgan fingerprint density at radius 1 is 1.28 bits per heavy atom. The van der Waals surface area contributed by atoms with Crippen molar-refractivity contribution in [3.63, 3.8) is 0 Å². The fourth-order valence-electron chi connectivity index (χ4n) is 2.27. The van der Waals surface area contributed by atoms with Crippen molar-refractivity contribution >= 4 is 15.7 Å². The summed E-state index contributed by atoms with van der Waals surface area (Å²) in [6.45, 7) is 3.58. The minimum Gasteiger partial charge on any atom is -0.317 e. The second kappa shape index (κ2) is 5.71. The lowest BCUT2D eigenvalue weighted by Crippen LogP contribution is -2.38. The van der Waals surface area contributed by atoms with Crippen molar-refractivity contribution in [2.75, 3.05) is 17.8 Å². The van der Waals surface area contributed by atoms with E-state index in [-0.39, 0.29) is 5.25 Å². The summed E-state index contributed by atoms with van der Waals surface area (Å²) in [5, 5.41) is 2.91. The number of hydrogen-bond acceptors (Lipinski definition) is 3. The number of benzene rings is 1. The average molecular weight is 268 g/mol. The Balaban J connectivity index is 2.16. The Kier molecular flexibility index (Phi) is 4.24. The van der Waals surface area contributed by atoms with E-state index in [1.807, 2.05) is 31.2 Å². The fourth-order valence-corrected chi connectivity index (χ4v) is 3.80. The van der Waals surface area contributed by atoms with Crippen LogP contribution in [0.15, 0.2) is 24.3 Å². The summed E-state index contributed by atoms with van der Waals surface area (Å²) in [4.78, 5) is 0. The molecule has 0 aliphatic carbocycles. The van der Waals surface area contributed by atoms with Gasteiger partial charge in [0.2, 0.25) is 10.0 Å². The highest BCUT2D eigenvalue weighted by Gasteiger charge is 2.27. The molecule has 1 aliphatic rings. The highest BCUT2D eigenvalue weighted by Crippen LogP contribution is 2.21. The van der Waals surface area contributed by atoms with Crippen LogP contribution in [0.25, 0.3) is 0 Å². The van der Waals surface area contributed by atoms with Gasteiger partial charge in [-0.25, -0.2) is 8.42 Å². The molecule has 5 heteroatoms. The zero-order chi connectivity index (χ0) is 13.0. The molecule has 0 atom stereocenters. The lowest BCUT2D eigenvalue weighted by Gasteiger charge is -2.23. The maximum absolute atomic E-state index is 12.3. The maximum Gasteiger partial charge on any atom is 0.235 e. The van der Waals surface area contributed by atoms with Gasteiger partial charge in [0.05, 0.1) is 10.9 Å². The summed E-state index contributed by atoms with van der Waals surface area (Å²) < 4.78 is 27.3. The van der Waals surface area contributed by atoms with E-state index >= 15 is 0 Å². The van der Waals surface area contributed by atoms with Gasteiger partial charge in [-0.1, -0.05) is 25.1 Å². The quantitative estimate of drug-likeness (QED) is 0.874. The van der Waals surface area contributed by atoms with Gasteiger partial charge in [-0.3, -0.25) is 4.72 Å². The van der Waals surface area contributed by atoms with Crippen LogP contribution in [0.4, 0.5) is 5.69 Å². The smallest absolute Gasteiger partial charge is 0.235 e. The number of hydrogen-bond donors (Lipinski definition) is 2. The van der Waals surface area contributed by atoms with Crippen LogP contribution in [0.5, 0.6) is 0 Å². The largest absolute Gasteiger partial charge is 0.317 e. The van der Waals surface area contributed by atoms with Crippen molar-refractivity contribution in [3.05, 3.63) is 29.8 Å². The topological polar surface area (TPSA) is 58.2 Å². The molecule has 1 saturated heterocycles. The lowest BCUT2D eigenvalue weighted by atomic mass is 10.1. The molecule has 0 spiro atoms. The van der Waals surface area contributed by atoms with Crippen LogP contribution < -0.4 is 10.0 Å². The molecule has 4 nitrogen and oxygen atoms in total. The van der Waals surface area contributed by atoms with E-state index in [2.05, 4.69) is 10.0 Å². The number of nitrogens with one attached hydrogen (secondary N) is 2. The number of sulfonamides is 1. The summed E-state index contributed by atoms with van der Waals surface area (Å²) in [6.07, 6.45) is 2.19. The van der Waals surface area contributed by atoms with E-state index in [0.717, 1.165) is 30.8 Å². The molecular weight excluding hydrogens is 248 g/mol. The van der Waals surface area contributed by atoms with Crippen LogP contribution in [0.1, 0.15) is 25.3 Å². The molecule has 1 aromatic carbocycles. The summed E-state index contributed by atoms with van der Waals surface area (Å²) in [7, 11) is -3.26. The predicted octanol–water partition coefficient (Wildman–Crippen LogP) is 1.74. The predicted molar refractivity (Wildman–Crippen MR) is 74.3 cm³/mol. The molecule has 2 rings (SSSR count). The molecule has 100 valence electrons. The molecule has 0 aromatic heterocycles.